The van der Waals surface area contributed by atoms with Gasteiger partial charge in [-0.2, -0.15) is 5.10 Å². The number of amides is 1. The molecule has 0 fully saturated rings. The SMILES string of the molecule is Cc1cc(C(=O)NCCCOCCO)nn1-c1ccc(F)cc1F. The highest BCUT2D eigenvalue weighted by molar-refractivity contribution is 5.92. The predicted molar refractivity (Wildman–Crippen MR) is 83.1 cm³/mol. The van der Waals surface area contributed by atoms with Crippen LogP contribution in [-0.4, -0.2) is 47.2 Å². The van der Waals surface area contributed by atoms with Crippen LogP contribution in [0.3, 0.4) is 0 Å². The predicted octanol–water partition coefficient (Wildman–Crippen LogP) is 1.59. The van der Waals surface area contributed by atoms with Crippen LogP contribution >= 0.6 is 0 Å². The van der Waals surface area contributed by atoms with Gasteiger partial charge in [-0.1, -0.05) is 0 Å². The lowest BCUT2D eigenvalue weighted by Gasteiger charge is -2.06. The van der Waals surface area contributed by atoms with Crippen molar-refractivity contribution in [3.63, 3.8) is 0 Å². The Balaban J connectivity index is 1.99. The molecule has 0 atom stereocenters. The largest absolute Gasteiger partial charge is 0.394 e. The maximum atomic E-state index is 13.8. The highest BCUT2D eigenvalue weighted by atomic mass is 19.1. The number of hydrogen-bond donors (Lipinski definition) is 2. The summed E-state index contributed by atoms with van der Waals surface area (Å²) in [6, 6.07) is 4.69. The standard InChI is InChI=1S/C16H19F2N3O3/c1-11-9-14(16(23)19-5-2-7-24-8-6-22)20-21(11)15-4-3-12(17)10-13(15)18/h3-4,9-10,22H,2,5-8H2,1H3,(H,19,23). The van der Waals surface area contributed by atoms with Crippen molar-refractivity contribution in [3.8, 4) is 5.69 Å². The molecule has 2 N–H and O–H groups in total. The Kier molecular flexibility index (Phi) is 6.39. The van der Waals surface area contributed by atoms with Crippen molar-refractivity contribution in [2.75, 3.05) is 26.4 Å². The molecule has 2 rings (SSSR count). The second-order valence-corrected chi connectivity index (χ2v) is 5.12. The monoisotopic (exact) mass is 339 g/mol. The summed E-state index contributed by atoms with van der Waals surface area (Å²) in [6.45, 7) is 2.72. The van der Waals surface area contributed by atoms with Crippen LogP contribution < -0.4 is 5.32 Å². The van der Waals surface area contributed by atoms with Crippen molar-refractivity contribution in [1.82, 2.24) is 15.1 Å². The third-order valence-corrected chi connectivity index (χ3v) is 3.24. The summed E-state index contributed by atoms with van der Waals surface area (Å²) in [5.41, 5.74) is 0.773. The van der Waals surface area contributed by atoms with E-state index in [1.165, 1.54) is 16.8 Å². The highest BCUT2D eigenvalue weighted by Gasteiger charge is 2.15. The van der Waals surface area contributed by atoms with E-state index in [0.29, 0.717) is 25.3 Å². The van der Waals surface area contributed by atoms with Crippen molar-refractivity contribution < 1.29 is 23.4 Å². The fourth-order valence-electron chi connectivity index (χ4n) is 2.12. The fourth-order valence-corrected chi connectivity index (χ4v) is 2.12. The van der Waals surface area contributed by atoms with Crippen LogP contribution in [0.1, 0.15) is 22.6 Å². The first-order valence-corrected chi connectivity index (χ1v) is 7.52. The molecule has 130 valence electrons. The average molecular weight is 339 g/mol. The van der Waals surface area contributed by atoms with Gasteiger partial charge in [-0.05, 0) is 31.5 Å². The minimum atomic E-state index is -0.755. The molecule has 0 unspecified atom stereocenters. The van der Waals surface area contributed by atoms with E-state index in [-0.39, 0.29) is 30.5 Å². The number of rotatable bonds is 8. The molecule has 0 spiro atoms. The van der Waals surface area contributed by atoms with Gasteiger partial charge in [-0.25, -0.2) is 13.5 Å². The van der Waals surface area contributed by atoms with E-state index in [1.807, 2.05) is 0 Å². The Hall–Kier alpha value is -2.32. The zero-order valence-corrected chi connectivity index (χ0v) is 13.3. The Morgan fingerprint density at radius 1 is 1.33 bits per heavy atom. The number of halogens is 2. The maximum Gasteiger partial charge on any atom is 0.271 e. The molecule has 0 aliphatic carbocycles. The van der Waals surface area contributed by atoms with Gasteiger partial charge in [0.15, 0.2) is 11.5 Å². The summed E-state index contributed by atoms with van der Waals surface area (Å²) in [7, 11) is 0. The van der Waals surface area contributed by atoms with Gasteiger partial charge in [0.2, 0.25) is 0 Å². The minimum Gasteiger partial charge on any atom is -0.394 e. The van der Waals surface area contributed by atoms with Gasteiger partial charge < -0.3 is 15.2 Å². The summed E-state index contributed by atoms with van der Waals surface area (Å²) in [5.74, 6) is -1.82. The van der Waals surface area contributed by atoms with Gasteiger partial charge in [0.1, 0.15) is 11.5 Å². The molecule has 0 aliphatic heterocycles. The van der Waals surface area contributed by atoms with Gasteiger partial charge in [0.05, 0.1) is 13.2 Å². The molecule has 1 aromatic carbocycles. The molecule has 6 nitrogen and oxygen atoms in total. The molecule has 24 heavy (non-hydrogen) atoms. The Labute approximate surface area is 138 Å². The molecule has 8 heteroatoms. The first-order chi connectivity index (χ1) is 11.5. The molecule has 1 heterocycles. The van der Waals surface area contributed by atoms with E-state index < -0.39 is 11.6 Å². The summed E-state index contributed by atoms with van der Waals surface area (Å²) >= 11 is 0. The molecular weight excluding hydrogens is 320 g/mol. The number of ether oxygens (including phenoxy) is 1. The second kappa shape index (κ2) is 8.51. The first-order valence-electron chi connectivity index (χ1n) is 7.52. The van der Waals surface area contributed by atoms with Crippen LogP contribution in [-0.2, 0) is 4.74 Å². The molecule has 1 amide bonds. The number of aliphatic hydroxyl groups excluding tert-OH is 1. The smallest absolute Gasteiger partial charge is 0.271 e. The topological polar surface area (TPSA) is 76.4 Å². The zero-order valence-electron chi connectivity index (χ0n) is 13.3. The van der Waals surface area contributed by atoms with E-state index in [2.05, 4.69) is 10.4 Å². The van der Waals surface area contributed by atoms with E-state index >= 15 is 0 Å². The number of carbonyl (C=O) groups is 1. The third-order valence-electron chi connectivity index (χ3n) is 3.24. The van der Waals surface area contributed by atoms with Gasteiger partial charge in [0.25, 0.3) is 5.91 Å². The number of aliphatic hydroxyl groups is 1. The normalized spacial score (nSPS) is 10.8. The molecule has 0 bridgehead atoms. The highest BCUT2D eigenvalue weighted by Crippen LogP contribution is 2.17. The molecule has 1 aromatic heterocycles. The van der Waals surface area contributed by atoms with Gasteiger partial charge in [0, 0.05) is 24.9 Å². The van der Waals surface area contributed by atoms with Gasteiger partial charge in [-0.3, -0.25) is 4.79 Å². The van der Waals surface area contributed by atoms with E-state index in [1.54, 1.807) is 6.92 Å². The van der Waals surface area contributed by atoms with Crippen molar-refractivity contribution >= 4 is 5.91 Å². The van der Waals surface area contributed by atoms with Crippen LogP contribution in [0.15, 0.2) is 24.3 Å². The van der Waals surface area contributed by atoms with Gasteiger partial charge in [-0.15, -0.1) is 0 Å². The fraction of sp³-hybridized carbons (Fsp3) is 0.375. The number of hydrogen-bond acceptors (Lipinski definition) is 4. The number of benzene rings is 1. The second-order valence-electron chi connectivity index (χ2n) is 5.12. The minimum absolute atomic E-state index is 0.0387. The number of aromatic nitrogens is 2. The summed E-state index contributed by atoms with van der Waals surface area (Å²) < 4.78 is 33.2. The number of nitrogens with one attached hydrogen (secondary N) is 1. The van der Waals surface area contributed by atoms with Crippen LogP contribution in [0.4, 0.5) is 8.78 Å². The zero-order chi connectivity index (χ0) is 17.5. The molecule has 2 aromatic rings. The van der Waals surface area contributed by atoms with Gasteiger partial charge >= 0.3 is 0 Å². The van der Waals surface area contributed by atoms with E-state index in [4.69, 9.17) is 9.84 Å². The molecular formula is C16H19F2N3O3. The lowest BCUT2D eigenvalue weighted by molar-refractivity contribution is 0.0865. The van der Waals surface area contributed by atoms with Crippen molar-refractivity contribution in [3.05, 3.63) is 47.3 Å². The quantitative estimate of drug-likeness (QED) is 0.716. The lowest BCUT2D eigenvalue weighted by atomic mass is 10.3. The van der Waals surface area contributed by atoms with Crippen LogP contribution in [0.5, 0.6) is 0 Å². The lowest BCUT2D eigenvalue weighted by Crippen LogP contribution is -2.26. The Bertz CT molecular complexity index is 704. The molecule has 0 saturated carbocycles. The van der Waals surface area contributed by atoms with Crippen LogP contribution in [0, 0.1) is 18.6 Å². The van der Waals surface area contributed by atoms with Crippen molar-refractivity contribution in [1.29, 1.82) is 0 Å². The van der Waals surface area contributed by atoms with Crippen molar-refractivity contribution in [2.45, 2.75) is 13.3 Å². The summed E-state index contributed by atoms with van der Waals surface area (Å²) in [6.07, 6.45) is 0.595. The molecule has 0 aliphatic rings. The average Bonchev–Trinajstić information content (AvgIpc) is 2.92. The van der Waals surface area contributed by atoms with E-state index in [0.717, 1.165) is 12.1 Å². The number of carbonyl (C=O) groups excluding carboxylic acids is 1. The van der Waals surface area contributed by atoms with E-state index in [9.17, 15) is 13.6 Å². The Morgan fingerprint density at radius 2 is 2.12 bits per heavy atom. The maximum absolute atomic E-state index is 13.8. The van der Waals surface area contributed by atoms with Crippen LogP contribution in [0.2, 0.25) is 0 Å². The van der Waals surface area contributed by atoms with Crippen LogP contribution in [0.25, 0.3) is 5.69 Å². The molecule has 0 radical (unpaired) electrons. The Morgan fingerprint density at radius 3 is 2.83 bits per heavy atom. The number of nitrogens with zero attached hydrogens (tertiary/aromatic N) is 2. The first kappa shape index (κ1) is 18.0. The van der Waals surface area contributed by atoms with Crippen molar-refractivity contribution in [2.24, 2.45) is 0 Å². The number of aryl methyl sites for hydroxylation is 1. The molecule has 0 saturated heterocycles. The summed E-state index contributed by atoms with van der Waals surface area (Å²) in [4.78, 5) is 12.0. The summed E-state index contributed by atoms with van der Waals surface area (Å²) in [5, 5.41) is 15.3. The third kappa shape index (κ3) is 4.59.